The predicted octanol–water partition coefficient (Wildman–Crippen LogP) is 13.7. The van der Waals surface area contributed by atoms with Crippen LogP contribution in [-0.4, -0.2) is 22.0 Å². The molecule has 8 heteroatoms. The Morgan fingerprint density at radius 1 is 0.297 bits per heavy atom. The van der Waals surface area contributed by atoms with Gasteiger partial charge in [0.05, 0.1) is 0 Å². The molecule has 0 saturated carbocycles. The van der Waals surface area contributed by atoms with Gasteiger partial charge in [-0.2, -0.15) is 0 Å². The molecule has 0 unspecified atom stereocenters. The third kappa shape index (κ3) is 12.4. The minimum atomic E-state index is -0.750. The standard InChI is InChI=1S/C54H56B2.2CHCl3/c1-33-25-37(5)51(38(6)26-33)55(52-39(7)27-34(2)28-40(52)8)49-19-15-13-17-47(49)45-21-23-46(24-22-45)48-18-14-16-20-50(48)56(53-41(9)29-35(3)30-42(53)10)54-43(11)31-36(4)32-44(54)12;2*2-1(3)4/h13-32H,1-12H3;2*1H. The van der Waals surface area contributed by atoms with Crippen LogP contribution in [0.5, 0.6) is 0 Å². The van der Waals surface area contributed by atoms with Crippen molar-refractivity contribution in [2.75, 3.05) is 0 Å². The topological polar surface area (TPSA) is 0 Å². The molecule has 7 aromatic carbocycles. The summed E-state index contributed by atoms with van der Waals surface area (Å²) in [6, 6.07) is 46.5. The van der Waals surface area contributed by atoms with Crippen LogP contribution in [-0.2, 0) is 0 Å². The molecule has 0 amide bonds. The lowest BCUT2D eigenvalue weighted by Crippen LogP contribution is -2.56. The summed E-state index contributed by atoms with van der Waals surface area (Å²) in [5.74, 6) is 0. The average molecular weight is 965 g/mol. The summed E-state index contributed by atoms with van der Waals surface area (Å²) in [5, 5.41) is 0. The highest BCUT2D eigenvalue weighted by Crippen LogP contribution is 2.26. The van der Waals surface area contributed by atoms with Gasteiger partial charge in [-0.05, 0) is 105 Å². The molecule has 0 aromatic heterocycles. The van der Waals surface area contributed by atoms with Gasteiger partial charge in [0.15, 0.2) is 8.59 Å². The second-order valence-electron chi connectivity index (χ2n) is 17.4. The molecule has 330 valence electrons. The van der Waals surface area contributed by atoms with Crippen molar-refractivity contribution in [3.05, 3.63) is 188 Å². The van der Waals surface area contributed by atoms with Crippen LogP contribution in [0.15, 0.2) is 121 Å². The van der Waals surface area contributed by atoms with Crippen LogP contribution in [0.2, 0.25) is 0 Å². The molecule has 0 radical (unpaired) electrons. The molecule has 0 spiro atoms. The van der Waals surface area contributed by atoms with E-state index in [2.05, 4.69) is 204 Å². The van der Waals surface area contributed by atoms with Crippen LogP contribution in [0.25, 0.3) is 22.3 Å². The number of halogens is 6. The van der Waals surface area contributed by atoms with E-state index in [1.807, 2.05) is 0 Å². The molecule has 7 aromatic rings. The second kappa shape index (κ2) is 22.7. The number of hydrogen-bond acceptors (Lipinski definition) is 0. The summed E-state index contributed by atoms with van der Waals surface area (Å²) in [5.41, 5.74) is 29.4. The van der Waals surface area contributed by atoms with Gasteiger partial charge in [0.1, 0.15) is 0 Å². The van der Waals surface area contributed by atoms with Crippen LogP contribution in [0.3, 0.4) is 0 Å². The summed E-state index contributed by atoms with van der Waals surface area (Å²) in [6.45, 7) is 27.4. The van der Waals surface area contributed by atoms with Crippen molar-refractivity contribution in [3.8, 4) is 22.3 Å². The van der Waals surface area contributed by atoms with E-state index in [1.54, 1.807) is 0 Å². The van der Waals surface area contributed by atoms with Crippen molar-refractivity contribution in [2.45, 2.75) is 91.7 Å². The highest BCUT2D eigenvalue weighted by atomic mass is 35.6. The Balaban J connectivity index is 0.000000890. The molecule has 0 atom stereocenters. The first-order chi connectivity index (χ1) is 30.2. The van der Waals surface area contributed by atoms with Gasteiger partial charge in [-0.1, -0.05) is 290 Å². The quantitative estimate of drug-likeness (QED) is 0.105. The minimum Gasteiger partial charge on any atom is -0.0874 e. The summed E-state index contributed by atoms with van der Waals surface area (Å²) in [4.78, 5) is 0. The van der Waals surface area contributed by atoms with Crippen molar-refractivity contribution in [3.63, 3.8) is 0 Å². The lowest BCUT2D eigenvalue weighted by Gasteiger charge is -2.27. The van der Waals surface area contributed by atoms with E-state index in [0.717, 1.165) is 0 Å². The van der Waals surface area contributed by atoms with Crippen LogP contribution < -0.4 is 32.8 Å². The lowest BCUT2D eigenvalue weighted by atomic mass is 9.33. The molecule has 0 nitrogen and oxygen atoms in total. The van der Waals surface area contributed by atoms with Crippen molar-refractivity contribution < 1.29 is 0 Å². The number of alkyl halides is 6. The molecule has 0 bridgehead atoms. The largest absolute Gasteiger partial charge is 0.243 e. The van der Waals surface area contributed by atoms with Crippen molar-refractivity contribution in [2.24, 2.45) is 0 Å². The van der Waals surface area contributed by atoms with Crippen LogP contribution in [0.4, 0.5) is 0 Å². The molecule has 64 heavy (non-hydrogen) atoms. The fourth-order valence-electron chi connectivity index (χ4n) is 10.3. The van der Waals surface area contributed by atoms with E-state index in [4.69, 9.17) is 69.6 Å². The van der Waals surface area contributed by atoms with E-state index in [9.17, 15) is 0 Å². The molecule has 0 aliphatic heterocycles. The first kappa shape index (κ1) is 51.4. The van der Waals surface area contributed by atoms with Gasteiger partial charge in [-0.15, -0.1) is 0 Å². The molecular weight excluding hydrogens is 907 g/mol. The second-order valence-corrected chi connectivity index (χ2v) is 21.3. The van der Waals surface area contributed by atoms with Gasteiger partial charge >= 0.3 is 0 Å². The number of benzene rings is 7. The van der Waals surface area contributed by atoms with Gasteiger partial charge in [0, 0.05) is 0 Å². The summed E-state index contributed by atoms with van der Waals surface area (Å²) < 4.78 is -1.50. The van der Waals surface area contributed by atoms with E-state index >= 15 is 0 Å². The van der Waals surface area contributed by atoms with Crippen LogP contribution in [0.1, 0.15) is 66.8 Å². The average Bonchev–Trinajstić information content (AvgIpc) is 3.18. The van der Waals surface area contributed by atoms with Crippen LogP contribution >= 0.6 is 69.6 Å². The SMILES string of the molecule is Cc1cc(C)c(B(c2ccccc2-c2ccc(-c3ccccc3B(c3c(C)cc(C)cc3C)c3c(C)cc(C)cc3C)cc2)c2c(C)cc(C)cc2C)c(C)c1.ClC(Cl)Cl.ClC(Cl)Cl. The third-order valence-corrected chi connectivity index (χ3v) is 12.2. The monoisotopic (exact) mass is 962 g/mol. The Labute approximate surface area is 414 Å². The van der Waals surface area contributed by atoms with Gasteiger partial charge in [-0.25, -0.2) is 0 Å². The fourth-order valence-corrected chi connectivity index (χ4v) is 10.3. The Bertz CT molecular complexity index is 2340. The van der Waals surface area contributed by atoms with Crippen molar-refractivity contribution in [1.29, 1.82) is 0 Å². The normalized spacial score (nSPS) is 10.9. The first-order valence-electron chi connectivity index (χ1n) is 21.6. The maximum Gasteiger partial charge on any atom is 0.243 e. The van der Waals surface area contributed by atoms with Gasteiger partial charge in [-0.3, -0.25) is 0 Å². The molecule has 0 aliphatic rings. The van der Waals surface area contributed by atoms with Crippen LogP contribution in [0, 0.1) is 83.1 Å². The third-order valence-electron chi connectivity index (χ3n) is 12.2. The van der Waals surface area contributed by atoms with Gasteiger partial charge in [0.2, 0.25) is 13.4 Å². The van der Waals surface area contributed by atoms with E-state index < -0.39 is 8.59 Å². The predicted molar refractivity (Wildman–Crippen MR) is 292 cm³/mol. The zero-order valence-electron chi connectivity index (χ0n) is 39.1. The number of rotatable bonds is 8. The first-order valence-corrected chi connectivity index (χ1v) is 24.3. The maximum atomic E-state index is 4.81. The molecule has 0 N–H and O–H groups in total. The summed E-state index contributed by atoms with van der Waals surface area (Å²) in [7, 11) is 0. The highest BCUT2D eigenvalue weighted by Gasteiger charge is 2.32. The van der Waals surface area contributed by atoms with Crippen molar-refractivity contribution in [1.82, 2.24) is 0 Å². The molecule has 0 saturated heterocycles. The molecule has 7 rings (SSSR count). The van der Waals surface area contributed by atoms with Crippen molar-refractivity contribution >= 4 is 116 Å². The zero-order valence-corrected chi connectivity index (χ0v) is 43.7. The van der Waals surface area contributed by atoms with Gasteiger partial charge in [0.25, 0.3) is 0 Å². The Hall–Kier alpha value is -3.59. The maximum absolute atomic E-state index is 4.81. The number of aryl methyl sites for hydroxylation is 12. The fraction of sp³-hybridized carbons (Fsp3) is 0.250. The Morgan fingerprint density at radius 3 is 0.688 bits per heavy atom. The molecule has 0 heterocycles. The van der Waals surface area contributed by atoms with E-state index in [-0.39, 0.29) is 13.4 Å². The Kier molecular flexibility index (Phi) is 18.3. The molecule has 0 fully saturated rings. The van der Waals surface area contributed by atoms with Gasteiger partial charge < -0.3 is 0 Å². The molecule has 0 aliphatic carbocycles. The highest BCUT2D eigenvalue weighted by molar-refractivity contribution is 6.98. The molecular formula is C56H58B2Cl6. The zero-order chi connectivity index (χ0) is 47.2. The smallest absolute Gasteiger partial charge is 0.0874 e. The summed E-state index contributed by atoms with van der Waals surface area (Å²) in [6.07, 6.45) is 0. The number of hydrogen-bond donors (Lipinski definition) is 0. The van der Waals surface area contributed by atoms with E-state index in [0.29, 0.717) is 0 Å². The summed E-state index contributed by atoms with van der Waals surface area (Å²) >= 11 is 28.8. The Morgan fingerprint density at radius 2 is 0.484 bits per heavy atom. The van der Waals surface area contributed by atoms with E-state index in [1.165, 1.54) is 122 Å². The minimum absolute atomic E-state index is 0.107. The lowest BCUT2D eigenvalue weighted by molar-refractivity contribution is 1.34.